The largest absolute Gasteiger partial charge is 0.477 e. The molecule has 0 spiro atoms. The van der Waals surface area contributed by atoms with Crippen molar-refractivity contribution in [2.75, 3.05) is 13.7 Å². The first-order valence-electron chi connectivity index (χ1n) is 9.27. The molecule has 0 aromatic heterocycles. The van der Waals surface area contributed by atoms with Gasteiger partial charge < -0.3 is 29.9 Å². The second-order valence-corrected chi connectivity index (χ2v) is 8.71. The standard InChI is InChI=1S/C21H23ClO7S/c1-28-20(27)12-4-2-11(3-5-12)8-13-9-14(22)6-7-15(13)29-21-19(26)18(25)17(24)16(10-23)30-21/h2-7,9,16-19,21,23-26H,8,10H2,1H3/t16-,17-,18+,19-,21-/m1/s1. The van der Waals surface area contributed by atoms with Crippen LogP contribution in [-0.4, -0.2) is 69.1 Å². The van der Waals surface area contributed by atoms with Crippen LogP contribution in [0.2, 0.25) is 5.02 Å². The number of aliphatic hydroxyl groups is 4. The third-order valence-electron chi connectivity index (χ3n) is 4.88. The summed E-state index contributed by atoms with van der Waals surface area (Å²) in [5.41, 5.74) is 1.19. The Bertz CT molecular complexity index is 874. The van der Waals surface area contributed by atoms with Gasteiger partial charge in [-0.05, 0) is 35.9 Å². The van der Waals surface area contributed by atoms with Gasteiger partial charge in [0.05, 0.1) is 30.6 Å². The molecular weight excluding hydrogens is 432 g/mol. The molecule has 0 radical (unpaired) electrons. The molecule has 4 N–H and O–H groups in total. The summed E-state index contributed by atoms with van der Waals surface area (Å²) in [6.07, 6.45) is -3.59. The van der Waals surface area contributed by atoms with Crippen molar-refractivity contribution in [3.63, 3.8) is 0 Å². The maximum absolute atomic E-state index is 11.6. The van der Waals surface area contributed by atoms with Crippen molar-refractivity contribution in [2.24, 2.45) is 0 Å². The molecule has 1 heterocycles. The minimum Gasteiger partial charge on any atom is -0.477 e. The second kappa shape index (κ2) is 10.00. The Kier molecular flexibility index (Phi) is 7.62. The third kappa shape index (κ3) is 5.08. The van der Waals surface area contributed by atoms with Crippen molar-refractivity contribution in [3.05, 3.63) is 64.2 Å². The number of benzene rings is 2. The summed E-state index contributed by atoms with van der Waals surface area (Å²) >= 11 is 7.21. The van der Waals surface area contributed by atoms with Gasteiger partial charge in [-0.3, -0.25) is 0 Å². The minimum atomic E-state index is -1.44. The van der Waals surface area contributed by atoms with Gasteiger partial charge in [0, 0.05) is 17.0 Å². The number of methoxy groups -OCH3 is 1. The molecule has 0 aliphatic carbocycles. The molecule has 3 rings (SSSR count). The zero-order chi connectivity index (χ0) is 21.8. The SMILES string of the molecule is COC(=O)c1ccc(Cc2cc(Cl)ccc2O[C@@H]2S[C@H](CO)[C@@H](O)[C@H](O)[C@H]2O)cc1. The van der Waals surface area contributed by atoms with Gasteiger partial charge in [0.1, 0.15) is 18.0 Å². The number of carbonyl (C=O) groups excluding carboxylic acids is 1. The highest BCUT2D eigenvalue weighted by atomic mass is 35.5. The van der Waals surface area contributed by atoms with E-state index in [0.29, 0.717) is 22.8 Å². The number of hydrogen-bond donors (Lipinski definition) is 4. The molecular formula is C21H23ClO7S. The smallest absolute Gasteiger partial charge is 0.337 e. The number of aliphatic hydroxyl groups excluding tert-OH is 4. The maximum Gasteiger partial charge on any atom is 0.337 e. The topological polar surface area (TPSA) is 116 Å². The molecule has 1 aliphatic rings. The summed E-state index contributed by atoms with van der Waals surface area (Å²) in [7, 11) is 1.32. The summed E-state index contributed by atoms with van der Waals surface area (Å²) < 4.78 is 10.7. The monoisotopic (exact) mass is 454 g/mol. The van der Waals surface area contributed by atoms with Crippen LogP contribution >= 0.6 is 23.4 Å². The Labute approximate surface area is 183 Å². The van der Waals surface area contributed by atoms with E-state index >= 15 is 0 Å². The quantitative estimate of drug-likeness (QED) is 0.486. The van der Waals surface area contributed by atoms with E-state index in [1.165, 1.54) is 7.11 Å². The van der Waals surface area contributed by atoms with Gasteiger partial charge in [0.15, 0.2) is 5.44 Å². The first-order chi connectivity index (χ1) is 14.3. The van der Waals surface area contributed by atoms with E-state index in [1.807, 2.05) is 0 Å². The summed E-state index contributed by atoms with van der Waals surface area (Å²) in [6.45, 7) is -0.366. The lowest BCUT2D eigenvalue weighted by Gasteiger charge is -2.39. The number of ether oxygens (including phenoxy) is 2. The Morgan fingerprint density at radius 2 is 1.77 bits per heavy atom. The molecule has 0 amide bonds. The van der Waals surface area contributed by atoms with E-state index in [9.17, 15) is 25.2 Å². The molecule has 9 heteroatoms. The van der Waals surface area contributed by atoms with E-state index in [1.54, 1.807) is 42.5 Å². The van der Waals surface area contributed by atoms with Gasteiger partial charge in [0.25, 0.3) is 0 Å². The summed E-state index contributed by atoms with van der Waals surface area (Å²) in [6, 6.07) is 12.0. The normalized spacial score (nSPS) is 26.3. The predicted octanol–water partition coefficient (Wildman–Crippen LogP) is 1.61. The summed E-state index contributed by atoms with van der Waals surface area (Å²) in [4.78, 5) is 11.6. The fourth-order valence-corrected chi connectivity index (χ4v) is 4.62. The number of rotatable bonds is 6. The van der Waals surface area contributed by atoms with Crippen LogP contribution in [0.1, 0.15) is 21.5 Å². The fraction of sp³-hybridized carbons (Fsp3) is 0.381. The van der Waals surface area contributed by atoms with Crippen LogP contribution in [0.15, 0.2) is 42.5 Å². The lowest BCUT2D eigenvalue weighted by atomic mass is 10.0. The van der Waals surface area contributed by atoms with E-state index in [2.05, 4.69) is 0 Å². The Morgan fingerprint density at radius 3 is 2.40 bits per heavy atom. The summed E-state index contributed by atoms with van der Waals surface area (Å²) in [5.74, 6) is 0.0316. The number of thioether (sulfide) groups is 1. The van der Waals surface area contributed by atoms with E-state index in [4.69, 9.17) is 21.1 Å². The van der Waals surface area contributed by atoms with Crippen LogP contribution in [0.25, 0.3) is 0 Å². The molecule has 162 valence electrons. The van der Waals surface area contributed by atoms with Crippen molar-refractivity contribution in [2.45, 2.75) is 35.4 Å². The molecule has 5 atom stereocenters. The molecule has 1 fully saturated rings. The lowest BCUT2D eigenvalue weighted by molar-refractivity contribution is -0.0910. The molecule has 0 bridgehead atoms. The number of hydrogen-bond acceptors (Lipinski definition) is 8. The highest BCUT2D eigenvalue weighted by Crippen LogP contribution is 2.36. The van der Waals surface area contributed by atoms with Gasteiger partial charge in [-0.15, -0.1) is 11.8 Å². The van der Waals surface area contributed by atoms with Gasteiger partial charge >= 0.3 is 5.97 Å². The van der Waals surface area contributed by atoms with Gasteiger partial charge in [-0.25, -0.2) is 4.79 Å². The van der Waals surface area contributed by atoms with Crippen LogP contribution in [0, 0.1) is 0 Å². The molecule has 2 aromatic carbocycles. The van der Waals surface area contributed by atoms with Crippen molar-refractivity contribution in [1.82, 2.24) is 0 Å². The van der Waals surface area contributed by atoms with Crippen LogP contribution in [-0.2, 0) is 11.2 Å². The van der Waals surface area contributed by atoms with Gasteiger partial charge in [-0.1, -0.05) is 23.7 Å². The highest BCUT2D eigenvalue weighted by Gasteiger charge is 2.44. The lowest BCUT2D eigenvalue weighted by Crippen LogP contribution is -2.55. The van der Waals surface area contributed by atoms with Crippen LogP contribution < -0.4 is 4.74 Å². The van der Waals surface area contributed by atoms with E-state index < -0.39 is 35.0 Å². The zero-order valence-electron chi connectivity index (χ0n) is 16.1. The van der Waals surface area contributed by atoms with Gasteiger partial charge in [0.2, 0.25) is 0 Å². The molecule has 30 heavy (non-hydrogen) atoms. The van der Waals surface area contributed by atoms with Gasteiger partial charge in [-0.2, -0.15) is 0 Å². The Balaban J connectivity index is 1.81. The zero-order valence-corrected chi connectivity index (χ0v) is 17.7. The van der Waals surface area contributed by atoms with Crippen molar-refractivity contribution >= 4 is 29.3 Å². The first-order valence-corrected chi connectivity index (χ1v) is 10.6. The highest BCUT2D eigenvalue weighted by molar-refractivity contribution is 8.00. The number of halogens is 1. The van der Waals surface area contributed by atoms with E-state index in [0.717, 1.165) is 22.9 Å². The fourth-order valence-electron chi connectivity index (χ4n) is 3.19. The minimum absolute atomic E-state index is 0.366. The van der Waals surface area contributed by atoms with Crippen LogP contribution in [0.3, 0.4) is 0 Å². The number of carbonyl (C=O) groups is 1. The molecule has 1 aliphatic heterocycles. The predicted molar refractivity (Wildman–Crippen MR) is 113 cm³/mol. The van der Waals surface area contributed by atoms with Crippen LogP contribution in [0.5, 0.6) is 5.75 Å². The average Bonchev–Trinajstić information content (AvgIpc) is 2.75. The molecule has 1 saturated heterocycles. The molecule has 2 aromatic rings. The molecule has 0 unspecified atom stereocenters. The number of esters is 1. The average molecular weight is 455 g/mol. The maximum atomic E-state index is 11.6. The van der Waals surface area contributed by atoms with Crippen LogP contribution in [0.4, 0.5) is 0 Å². The molecule has 0 saturated carbocycles. The Morgan fingerprint density at radius 1 is 1.07 bits per heavy atom. The first kappa shape index (κ1) is 22.9. The second-order valence-electron chi connectivity index (χ2n) is 6.93. The molecule has 7 nitrogen and oxygen atoms in total. The Hall–Kier alpha value is -1.81. The third-order valence-corrected chi connectivity index (χ3v) is 6.54. The van der Waals surface area contributed by atoms with Crippen molar-refractivity contribution < 1.29 is 34.7 Å². The summed E-state index contributed by atoms with van der Waals surface area (Å²) in [5, 5.41) is 39.6. The van der Waals surface area contributed by atoms with Crippen molar-refractivity contribution in [3.8, 4) is 5.75 Å². The van der Waals surface area contributed by atoms with Crippen molar-refractivity contribution in [1.29, 1.82) is 0 Å². The van der Waals surface area contributed by atoms with E-state index in [-0.39, 0.29) is 6.61 Å².